The van der Waals surface area contributed by atoms with Crippen LogP contribution in [0, 0.1) is 5.82 Å². The van der Waals surface area contributed by atoms with Gasteiger partial charge in [-0.1, -0.05) is 29.8 Å². The van der Waals surface area contributed by atoms with E-state index < -0.39 is 0 Å². The normalized spacial score (nSPS) is 20.7. The number of ether oxygens (including phenoxy) is 1. The Morgan fingerprint density at radius 3 is 2.52 bits per heavy atom. The molecule has 0 bridgehead atoms. The fraction of sp³-hybridized carbons (Fsp3) is 0.294. The Bertz CT molecular complexity index is 623. The molecule has 110 valence electrons. The number of anilines is 1. The van der Waals surface area contributed by atoms with E-state index in [0.717, 1.165) is 18.6 Å². The highest BCUT2D eigenvalue weighted by Crippen LogP contribution is 2.39. The Kier molecular flexibility index (Phi) is 4.02. The summed E-state index contributed by atoms with van der Waals surface area (Å²) < 4.78 is 19.0. The lowest BCUT2D eigenvalue weighted by Crippen LogP contribution is -2.34. The summed E-state index contributed by atoms with van der Waals surface area (Å²) in [6, 6.07) is 13.5. The Morgan fingerprint density at radius 1 is 1.14 bits per heavy atom. The van der Waals surface area contributed by atoms with Crippen molar-refractivity contribution in [3.63, 3.8) is 0 Å². The Labute approximate surface area is 128 Å². The van der Waals surface area contributed by atoms with E-state index in [-0.39, 0.29) is 10.8 Å². The van der Waals surface area contributed by atoms with Crippen LogP contribution < -0.4 is 10.1 Å². The van der Waals surface area contributed by atoms with Crippen molar-refractivity contribution < 1.29 is 9.13 Å². The van der Waals surface area contributed by atoms with Crippen molar-refractivity contribution in [2.45, 2.75) is 24.8 Å². The van der Waals surface area contributed by atoms with Gasteiger partial charge in [0, 0.05) is 6.04 Å². The molecule has 0 amide bonds. The molecule has 1 saturated carbocycles. The SMILES string of the molecule is COc1ccc(C2CC(Nc3cccc(Cl)c3F)C2)cc1. The van der Waals surface area contributed by atoms with Crippen LogP contribution in [0.25, 0.3) is 0 Å². The minimum atomic E-state index is -0.368. The van der Waals surface area contributed by atoms with Crippen LogP contribution in [0.5, 0.6) is 5.75 Å². The van der Waals surface area contributed by atoms with Gasteiger partial charge in [-0.15, -0.1) is 0 Å². The Morgan fingerprint density at radius 2 is 1.86 bits per heavy atom. The number of rotatable bonds is 4. The lowest BCUT2D eigenvalue weighted by Gasteiger charge is -2.37. The summed E-state index contributed by atoms with van der Waals surface area (Å²) >= 11 is 5.78. The maximum absolute atomic E-state index is 13.8. The van der Waals surface area contributed by atoms with Gasteiger partial charge in [0.2, 0.25) is 0 Å². The number of benzene rings is 2. The molecule has 0 unspecified atom stereocenters. The van der Waals surface area contributed by atoms with Crippen molar-refractivity contribution in [1.29, 1.82) is 0 Å². The van der Waals surface area contributed by atoms with Crippen LogP contribution in [-0.4, -0.2) is 13.2 Å². The van der Waals surface area contributed by atoms with E-state index in [1.807, 2.05) is 12.1 Å². The zero-order chi connectivity index (χ0) is 14.8. The predicted molar refractivity (Wildman–Crippen MR) is 83.8 cm³/mol. The minimum Gasteiger partial charge on any atom is -0.497 e. The lowest BCUT2D eigenvalue weighted by molar-refractivity contribution is 0.372. The van der Waals surface area contributed by atoms with Crippen molar-refractivity contribution in [2.75, 3.05) is 12.4 Å². The average molecular weight is 306 g/mol. The van der Waals surface area contributed by atoms with Crippen LogP contribution in [0.4, 0.5) is 10.1 Å². The minimum absolute atomic E-state index is 0.158. The van der Waals surface area contributed by atoms with Crippen LogP contribution in [0.15, 0.2) is 42.5 Å². The third-order valence-corrected chi connectivity index (χ3v) is 4.33. The van der Waals surface area contributed by atoms with E-state index in [1.54, 1.807) is 25.3 Å². The van der Waals surface area contributed by atoms with Crippen molar-refractivity contribution in [3.8, 4) is 5.75 Å². The summed E-state index contributed by atoms with van der Waals surface area (Å²) in [7, 11) is 1.66. The van der Waals surface area contributed by atoms with Crippen LogP contribution >= 0.6 is 11.6 Å². The topological polar surface area (TPSA) is 21.3 Å². The third kappa shape index (κ3) is 2.98. The van der Waals surface area contributed by atoms with Crippen molar-refractivity contribution in [3.05, 3.63) is 58.9 Å². The quantitative estimate of drug-likeness (QED) is 0.872. The number of halogens is 2. The van der Waals surface area contributed by atoms with Crippen LogP contribution in [0.1, 0.15) is 24.3 Å². The standard InChI is InChI=1S/C17H17ClFNO/c1-21-14-7-5-11(6-8-14)12-9-13(10-12)20-16-4-2-3-15(18)17(16)19/h2-8,12-13,20H,9-10H2,1H3. The summed E-state index contributed by atoms with van der Waals surface area (Å²) in [5.74, 6) is 1.02. The molecule has 0 atom stereocenters. The van der Waals surface area contributed by atoms with E-state index >= 15 is 0 Å². The second-order valence-electron chi connectivity index (χ2n) is 5.38. The third-order valence-electron chi connectivity index (χ3n) is 4.04. The zero-order valence-electron chi connectivity index (χ0n) is 11.8. The smallest absolute Gasteiger partial charge is 0.164 e. The molecule has 3 rings (SSSR count). The van der Waals surface area contributed by atoms with E-state index in [1.165, 1.54) is 5.56 Å². The van der Waals surface area contributed by atoms with Crippen LogP contribution in [0.2, 0.25) is 5.02 Å². The number of nitrogens with one attached hydrogen (secondary N) is 1. The van der Waals surface area contributed by atoms with Gasteiger partial charge in [0.25, 0.3) is 0 Å². The second kappa shape index (κ2) is 5.94. The first-order valence-corrected chi connectivity index (χ1v) is 7.39. The van der Waals surface area contributed by atoms with Gasteiger partial charge in [0.05, 0.1) is 17.8 Å². The van der Waals surface area contributed by atoms with Crippen LogP contribution in [0.3, 0.4) is 0 Å². The highest BCUT2D eigenvalue weighted by atomic mass is 35.5. The summed E-state index contributed by atoms with van der Waals surface area (Å²) in [6.45, 7) is 0. The molecule has 2 aromatic carbocycles. The lowest BCUT2D eigenvalue weighted by atomic mass is 9.76. The van der Waals surface area contributed by atoms with Crippen molar-refractivity contribution in [1.82, 2.24) is 0 Å². The fourth-order valence-electron chi connectivity index (χ4n) is 2.72. The monoisotopic (exact) mass is 305 g/mol. The molecule has 0 aromatic heterocycles. The molecule has 1 fully saturated rings. The molecule has 0 saturated heterocycles. The van der Waals surface area contributed by atoms with Crippen molar-refractivity contribution >= 4 is 17.3 Å². The molecule has 0 radical (unpaired) electrons. The molecule has 2 aromatic rings. The molecule has 0 spiro atoms. The molecule has 1 aliphatic rings. The molecule has 21 heavy (non-hydrogen) atoms. The van der Waals surface area contributed by atoms with Gasteiger partial charge < -0.3 is 10.1 Å². The maximum Gasteiger partial charge on any atom is 0.164 e. The van der Waals surface area contributed by atoms with E-state index in [2.05, 4.69) is 17.4 Å². The van der Waals surface area contributed by atoms with Gasteiger partial charge in [-0.3, -0.25) is 0 Å². The van der Waals surface area contributed by atoms with Gasteiger partial charge in [-0.25, -0.2) is 4.39 Å². The molecule has 0 aliphatic heterocycles. The summed E-state index contributed by atoms with van der Waals surface area (Å²) in [5.41, 5.74) is 1.79. The molecule has 4 heteroatoms. The van der Waals surface area contributed by atoms with Gasteiger partial charge in [0.15, 0.2) is 5.82 Å². The zero-order valence-corrected chi connectivity index (χ0v) is 12.5. The molecular formula is C17H17ClFNO. The number of methoxy groups -OCH3 is 1. The highest BCUT2D eigenvalue weighted by molar-refractivity contribution is 6.31. The summed E-state index contributed by atoms with van der Waals surface area (Å²) in [4.78, 5) is 0. The van der Waals surface area contributed by atoms with Gasteiger partial charge in [0.1, 0.15) is 5.75 Å². The molecule has 1 aliphatic carbocycles. The maximum atomic E-state index is 13.8. The largest absolute Gasteiger partial charge is 0.497 e. The van der Waals surface area contributed by atoms with Crippen molar-refractivity contribution in [2.24, 2.45) is 0 Å². The first-order valence-electron chi connectivity index (χ1n) is 7.02. The van der Waals surface area contributed by atoms with Crippen LogP contribution in [-0.2, 0) is 0 Å². The second-order valence-corrected chi connectivity index (χ2v) is 5.79. The predicted octanol–water partition coefficient (Wildman–Crippen LogP) is 4.85. The molecular weight excluding hydrogens is 289 g/mol. The first kappa shape index (κ1) is 14.2. The van der Waals surface area contributed by atoms with Gasteiger partial charge >= 0.3 is 0 Å². The average Bonchev–Trinajstić information content (AvgIpc) is 2.47. The van der Waals surface area contributed by atoms with E-state index in [0.29, 0.717) is 17.6 Å². The summed E-state index contributed by atoms with van der Waals surface area (Å²) in [6.07, 6.45) is 2.00. The van der Waals surface area contributed by atoms with E-state index in [4.69, 9.17) is 16.3 Å². The highest BCUT2D eigenvalue weighted by Gasteiger charge is 2.30. The number of hydrogen-bond donors (Lipinski definition) is 1. The number of hydrogen-bond acceptors (Lipinski definition) is 2. The van der Waals surface area contributed by atoms with Gasteiger partial charge in [-0.2, -0.15) is 0 Å². The summed E-state index contributed by atoms with van der Waals surface area (Å²) in [5, 5.41) is 3.38. The molecule has 2 nitrogen and oxygen atoms in total. The fourth-order valence-corrected chi connectivity index (χ4v) is 2.89. The first-order chi connectivity index (χ1) is 10.2. The Balaban J connectivity index is 1.59. The van der Waals surface area contributed by atoms with E-state index in [9.17, 15) is 4.39 Å². The molecule has 0 heterocycles. The molecule has 1 N–H and O–H groups in total. The Hall–Kier alpha value is -1.74. The van der Waals surface area contributed by atoms with Gasteiger partial charge in [-0.05, 0) is 48.6 Å².